The number of hydrogen-bond acceptors (Lipinski definition) is 4. The highest BCUT2D eigenvalue weighted by molar-refractivity contribution is 5.76. The van der Waals surface area contributed by atoms with Crippen LogP contribution in [0.15, 0.2) is 0 Å². The van der Waals surface area contributed by atoms with Crippen LogP contribution in [0.25, 0.3) is 0 Å². The zero-order chi connectivity index (χ0) is 17.3. The fourth-order valence-electron chi connectivity index (χ4n) is 4.21. The number of carbonyl (C=O) groups excluding carboxylic acids is 1. The lowest BCUT2D eigenvalue weighted by Crippen LogP contribution is -2.47. The van der Waals surface area contributed by atoms with E-state index in [4.69, 9.17) is 4.74 Å². The van der Waals surface area contributed by atoms with Crippen LogP contribution in [0.4, 0.5) is 0 Å². The molecule has 1 atom stereocenters. The minimum atomic E-state index is -0.0496. The Morgan fingerprint density at radius 2 is 2.00 bits per heavy atom. The van der Waals surface area contributed by atoms with Crippen LogP contribution in [0.5, 0.6) is 0 Å². The predicted molar refractivity (Wildman–Crippen MR) is 95.9 cm³/mol. The highest BCUT2D eigenvalue weighted by Crippen LogP contribution is 2.33. The number of nitrogens with one attached hydrogen (secondary N) is 1. The fraction of sp³-hybridized carbons (Fsp3) is 0.947. The van der Waals surface area contributed by atoms with E-state index in [0.717, 1.165) is 51.7 Å². The molecule has 5 heteroatoms. The van der Waals surface area contributed by atoms with Crippen molar-refractivity contribution in [2.45, 2.75) is 70.3 Å². The van der Waals surface area contributed by atoms with E-state index in [-0.39, 0.29) is 17.9 Å². The molecule has 1 aliphatic heterocycles. The van der Waals surface area contributed by atoms with Crippen LogP contribution in [0.2, 0.25) is 0 Å². The highest BCUT2D eigenvalue weighted by atomic mass is 16.5. The Kier molecular flexibility index (Phi) is 8.50. The molecule has 1 heterocycles. The Hall–Kier alpha value is -0.650. The van der Waals surface area contributed by atoms with Crippen LogP contribution in [-0.4, -0.2) is 61.9 Å². The van der Waals surface area contributed by atoms with Gasteiger partial charge in [0.1, 0.15) is 0 Å². The maximum Gasteiger partial charge on any atom is 0.221 e. The number of rotatable bonds is 8. The van der Waals surface area contributed by atoms with Crippen molar-refractivity contribution in [3.05, 3.63) is 0 Å². The number of carbonyl (C=O) groups is 1. The van der Waals surface area contributed by atoms with E-state index in [0.29, 0.717) is 19.1 Å². The van der Waals surface area contributed by atoms with E-state index in [1.165, 1.54) is 25.7 Å². The Morgan fingerprint density at radius 1 is 1.25 bits per heavy atom. The summed E-state index contributed by atoms with van der Waals surface area (Å²) in [6, 6.07) is 0.389. The Bertz CT molecular complexity index is 370. The second kappa shape index (κ2) is 10.4. The van der Waals surface area contributed by atoms with Crippen LogP contribution < -0.4 is 5.32 Å². The van der Waals surface area contributed by atoms with Crippen molar-refractivity contribution >= 4 is 5.91 Å². The van der Waals surface area contributed by atoms with Crippen molar-refractivity contribution in [3.8, 4) is 0 Å². The summed E-state index contributed by atoms with van der Waals surface area (Å²) in [4.78, 5) is 14.6. The van der Waals surface area contributed by atoms with Crippen LogP contribution in [0, 0.1) is 5.41 Å². The summed E-state index contributed by atoms with van der Waals surface area (Å²) in [6.45, 7) is 3.61. The molecular weight excluding hydrogens is 304 g/mol. The number of amides is 1. The van der Waals surface area contributed by atoms with E-state index >= 15 is 0 Å². The molecule has 0 spiro atoms. The van der Waals surface area contributed by atoms with Gasteiger partial charge in [-0.15, -0.1) is 0 Å². The van der Waals surface area contributed by atoms with Gasteiger partial charge in [0.15, 0.2) is 0 Å². The van der Waals surface area contributed by atoms with Gasteiger partial charge in [0.25, 0.3) is 0 Å². The molecule has 0 radical (unpaired) electrons. The summed E-state index contributed by atoms with van der Waals surface area (Å²) < 4.78 is 5.21. The number of methoxy groups -OCH3 is 1. The van der Waals surface area contributed by atoms with E-state index in [1.807, 2.05) is 0 Å². The highest BCUT2D eigenvalue weighted by Gasteiger charge is 2.34. The number of hydrogen-bond donors (Lipinski definition) is 2. The van der Waals surface area contributed by atoms with Crippen molar-refractivity contribution in [1.82, 2.24) is 10.2 Å². The lowest BCUT2D eigenvalue weighted by Gasteiger charge is -2.41. The number of piperidine rings is 1. The summed E-state index contributed by atoms with van der Waals surface area (Å²) in [6.07, 6.45) is 11.0. The van der Waals surface area contributed by atoms with Crippen molar-refractivity contribution in [3.63, 3.8) is 0 Å². The molecule has 2 aliphatic rings. The number of ether oxygens (including phenoxy) is 1. The minimum Gasteiger partial charge on any atom is -0.396 e. The third-order valence-electron chi connectivity index (χ3n) is 5.79. The Labute approximate surface area is 147 Å². The van der Waals surface area contributed by atoms with Crippen molar-refractivity contribution < 1.29 is 14.6 Å². The lowest BCUT2D eigenvalue weighted by atomic mass is 9.78. The molecule has 0 aromatic rings. The fourth-order valence-corrected chi connectivity index (χ4v) is 4.21. The van der Waals surface area contributed by atoms with Gasteiger partial charge in [0, 0.05) is 44.7 Å². The third kappa shape index (κ3) is 6.34. The van der Waals surface area contributed by atoms with Crippen LogP contribution in [-0.2, 0) is 9.53 Å². The lowest BCUT2D eigenvalue weighted by molar-refractivity contribution is -0.122. The van der Waals surface area contributed by atoms with Crippen molar-refractivity contribution in [1.29, 1.82) is 0 Å². The second-order valence-electron chi connectivity index (χ2n) is 7.79. The average molecular weight is 341 g/mol. The summed E-state index contributed by atoms with van der Waals surface area (Å²) in [5, 5.41) is 13.1. The number of likely N-dealkylation sites (tertiary alicyclic amines) is 1. The van der Waals surface area contributed by atoms with Gasteiger partial charge >= 0.3 is 0 Å². The summed E-state index contributed by atoms with van der Waals surface area (Å²) in [7, 11) is 1.71. The number of aliphatic hydroxyl groups excluding tert-OH is 1. The number of nitrogens with zero attached hydrogens (tertiary/aromatic N) is 1. The molecular formula is C19H36N2O3. The molecule has 2 fully saturated rings. The molecule has 1 unspecified atom stereocenters. The van der Waals surface area contributed by atoms with Gasteiger partial charge in [-0.25, -0.2) is 0 Å². The first kappa shape index (κ1) is 19.7. The van der Waals surface area contributed by atoms with Gasteiger partial charge in [-0.3, -0.25) is 4.79 Å². The molecule has 1 saturated heterocycles. The molecule has 1 saturated carbocycles. The molecule has 1 amide bonds. The molecule has 0 aromatic heterocycles. The standard InChI is InChI=1S/C19H36N2O3/c1-24-14-11-19(16-22)10-6-12-21(15-19)13-9-18(23)20-17-7-4-2-3-5-8-17/h17,22H,2-16H2,1H3,(H,20,23). The quantitative estimate of drug-likeness (QED) is 0.666. The van der Waals surface area contributed by atoms with Gasteiger partial charge in [-0.1, -0.05) is 25.7 Å². The van der Waals surface area contributed by atoms with E-state index in [2.05, 4.69) is 10.2 Å². The molecule has 2 rings (SSSR count). The first-order valence-corrected chi connectivity index (χ1v) is 9.79. The molecule has 1 aliphatic carbocycles. The monoisotopic (exact) mass is 340 g/mol. The van der Waals surface area contributed by atoms with Crippen LogP contribution in [0.1, 0.15) is 64.2 Å². The zero-order valence-electron chi connectivity index (χ0n) is 15.4. The van der Waals surface area contributed by atoms with Crippen molar-refractivity contribution in [2.24, 2.45) is 5.41 Å². The maximum absolute atomic E-state index is 12.3. The van der Waals surface area contributed by atoms with E-state index in [1.54, 1.807) is 7.11 Å². The summed E-state index contributed by atoms with van der Waals surface area (Å²) in [5.74, 6) is 0.193. The molecule has 140 valence electrons. The molecule has 0 bridgehead atoms. The average Bonchev–Trinajstić information content (AvgIpc) is 2.87. The maximum atomic E-state index is 12.3. The topological polar surface area (TPSA) is 61.8 Å². The zero-order valence-corrected chi connectivity index (χ0v) is 15.4. The SMILES string of the molecule is COCCC1(CO)CCCN(CCC(=O)NC2CCCCCC2)C1. The molecule has 5 nitrogen and oxygen atoms in total. The van der Waals surface area contributed by atoms with Gasteiger partial charge < -0.3 is 20.1 Å². The van der Waals surface area contributed by atoms with Gasteiger partial charge in [-0.2, -0.15) is 0 Å². The van der Waals surface area contributed by atoms with Gasteiger partial charge in [0.2, 0.25) is 5.91 Å². The summed E-state index contributed by atoms with van der Waals surface area (Å²) in [5.41, 5.74) is -0.0496. The van der Waals surface area contributed by atoms with Gasteiger partial charge in [-0.05, 0) is 38.6 Å². The largest absolute Gasteiger partial charge is 0.396 e. The second-order valence-corrected chi connectivity index (χ2v) is 7.79. The first-order valence-electron chi connectivity index (χ1n) is 9.79. The molecule has 24 heavy (non-hydrogen) atoms. The Balaban J connectivity index is 1.73. The molecule has 2 N–H and O–H groups in total. The predicted octanol–water partition coefficient (Wildman–Crippen LogP) is 2.33. The number of aliphatic hydroxyl groups is 1. The molecule has 0 aromatic carbocycles. The van der Waals surface area contributed by atoms with E-state index < -0.39 is 0 Å². The van der Waals surface area contributed by atoms with Crippen LogP contribution >= 0.6 is 0 Å². The smallest absolute Gasteiger partial charge is 0.221 e. The third-order valence-corrected chi connectivity index (χ3v) is 5.79. The first-order chi connectivity index (χ1) is 11.7. The van der Waals surface area contributed by atoms with Gasteiger partial charge in [0.05, 0.1) is 6.61 Å². The summed E-state index contributed by atoms with van der Waals surface area (Å²) >= 11 is 0. The van der Waals surface area contributed by atoms with Crippen molar-refractivity contribution in [2.75, 3.05) is 40.0 Å². The Morgan fingerprint density at radius 3 is 2.67 bits per heavy atom. The van der Waals surface area contributed by atoms with E-state index in [9.17, 15) is 9.90 Å². The van der Waals surface area contributed by atoms with Crippen LogP contribution in [0.3, 0.4) is 0 Å². The minimum absolute atomic E-state index is 0.0496. The normalized spacial score (nSPS) is 26.9.